The van der Waals surface area contributed by atoms with Gasteiger partial charge < -0.3 is 8.83 Å². The number of furan rings is 2. The molecule has 0 radical (unpaired) electrons. The van der Waals surface area contributed by atoms with Gasteiger partial charge in [0.15, 0.2) is 11.5 Å². The second-order valence-electron chi connectivity index (χ2n) is 16.9. The van der Waals surface area contributed by atoms with Crippen molar-refractivity contribution < 1.29 is 8.83 Å². The van der Waals surface area contributed by atoms with Crippen molar-refractivity contribution in [3.05, 3.63) is 85.2 Å². The highest BCUT2D eigenvalue weighted by atomic mass is 32.3. The van der Waals surface area contributed by atoms with Gasteiger partial charge in [0.05, 0.1) is 33.2 Å². The fourth-order valence-electron chi connectivity index (χ4n) is 9.52. The predicted octanol–water partition coefficient (Wildman–Crippen LogP) is 16.4. The van der Waals surface area contributed by atoms with Gasteiger partial charge in [0.25, 0.3) is 0 Å². The van der Waals surface area contributed by atoms with Gasteiger partial charge in [-0.2, -0.15) is 27.5 Å². The Kier molecular flexibility index (Phi) is 11.0. The smallest absolute Gasteiger partial charge is 0.156 e. The summed E-state index contributed by atoms with van der Waals surface area (Å²) in [5, 5.41) is 2.10. The van der Waals surface area contributed by atoms with Crippen LogP contribution in [0.4, 0.5) is 0 Å². The van der Waals surface area contributed by atoms with Gasteiger partial charge in [0.2, 0.25) is 0 Å². The predicted molar refractivity (Wildman–Crippen MR) is 267 cm³/mol. The van der Waals surface area contributed by atoms with Gasteiger partial charge in [-0.05, 0) is 72.6 Å². The molecule has 10 aromatic rings. The summed E-state index contributed by atoms with van der Waals surface area (Å²) in [6, 6.07) is 25.4. The van der Waals surface area contributed by atoms with Crippen LogP contribution in [0.2, 0.25) is 0 Å². The minimum Gasteiger partial charge on any atom is -0.454 e. The summed E-state index contributed by atoms with van der Waals surface area (Å²) in [4.78, 5) is 18.6. The second-order valence-corrected chi connectivity index (χ2v) is 23.4. The lowest BCUT2D eigenvalue weighted by atomic mass is 10.0. The summed E-state index contributed by atoms with van der Waals surface area (Å²) in [6.07, 6.45) is 13.9. The molecule has 0 amide bonds. The Balaban J connectivity index is 1.08. The standard InChI is InChI=1S/C50H48N6O2S5/c1-5-9-15-29(7-3)27-63(28-30(8-4)16-10-6-2)41-23-39(33-25-51-45(47-43(33)53-61-55-47)37-21-31-17-11-13-19-35(31)57-37)59-49(41)50-42(63)24-40(60-50)34-26-52-46(48-44(34)54-62-56-48)38-22-32-18-12-14-20-36(32)58-38/h11-14,17-26,29-30H,5-10,15-16,27-28H2,1-4H3. The van der Waals surface area contributed by atoms with E-state index < -0.39 is 10.0 Å². The lowest BCUT2D eigenvalue weighted by Gasteiger charge is -2.42. The zero-order valence-corrected chi connectivity index (χ0v) is 39.9. The minimum absolute atomic E-state index is 0.646. The third-order valence-corrected chi connectivity index (χ3v) is 21.2. The molecule has 0 aliphatic carbocycles. The Morgan fingerprint density at radius 1 is 0.556 bits per heavy atom. The summed E-state index contributed by atoms with van der Waals surface area (Å²) in [7, 11) is -1.47. The summed E-state index contributed by atoms with van der Waals surface area (Å²) < 4.78 is 32.2. The summed E-state index contributed by atoms with van der Waals surface area (Å²) >= 11 is 6.32. The van der Waals surface area contributed by atoms with Crippen LogP contribution in [-0.4, -0.2) is 39.0 Å². The largest absolute Gasteiger partial charge is 0.454 e. The number of hydrogen-bond donors (Lipinski definition) is 0. The maximum absolute atomic E-state index is 6.31. The maximum atomic E-state index is 6.31. The molecule has 2 unspecified atom stereocenters. The van der Waals surface area contributed by atoms with E-state index in [0.717, 1.165) is 66.5 Å². The molecule has 1 aliphatic rings. The number of thiophene rings is 2. The van der Waals surface area contributed by atoms with Gasteiger partial charge in [0, 0.05) is 53.8 Å². The molecule has 63 heavy (non-hydrogen) atoms. The monoisotopic (exact) mass is 924 g/mol. The number of hydrogen-bond acceptors (Lipinski definition) is 12. The van der Waals surface area contributed by atoms with Crippen molar-refractivity contribution >= 4 is 100 Å². The highest BCUT2D eigenvalue weighted by molar-refractivity contribution is 8.34. The Morgan fingerprint density at radius 3 is 1.43 bits per heavy atom. The van der Waals surface area contributed by atoms with Crippen LogP contribution in [0.25, 0.3) is 97.5 Å². The van der Waals surface area contributed by atoms with E-state index in [1.54, 1.807) is 9.79 Å². The molecule has 11 rings (SSSR count). The fourth-order valence-corrected chi connectivity index (χ4v) is 19.5. The number of unbranched alkanes of at least 4 members (excludes halogenated alkanes) is 2. The van der Waals surface area contributed by atoms with Gasteiger partial charge in [-0.1, -0.05) is 103 Å². The molecule has 2 atom stereocenters. The SMILES string of the molecule is CCCCC(CC)CS1(CC(CC)CCCC)c2cc(-c3cnc(-c4cc5ccccc5o4)c4nsnc34)sc2-c2sc(-c3cnc(-c4cc5ccccc5o4)c4nsnc34)cc21. The molecule has 13 heteroatoms. The molecule has 0 bridgehead atoms. The highest BCUT2D eigenvalue weighted by Gasteiger charge is 2.45. The average molecular weight is 925 g/mol. The van der Waals surface area contributed by atoms with E-state index in [9.17, 15) is 0 Å². The minimum atomic E-state index is -1.47. The quantitative estimate of drug-likeness (QED) is 0.0944. The van der Waals surface area contributed by atoms with E-state index in [4.69, 9.17) is 36.3 Å². The first-order valence-corrected chi connectivity index (χ1v) is 27.3. The molecule has 0 fully saturated rings. The van der Waals surface area contributed by atoms with E-state index in [1.807, 2.05) is 71.5 Å². The molecule has 320 valence electrons. The van der Waals surface area contributed by atoms with Crippen LogP contribution in [0.15, 0.2) is 104 Å². The molecule has 9 heterocycles. The van der Waals surface area contributed by atoms with E-state index in [0.29, 0.717) is 23.4 Å². The van der Waals surface area contributed by atoms with Gasteiger partial charge >= 0.3 is 0 Å². The zero-order chi connectivity index (χ0) is 42.7. The Morgan fingerprint density at radius 2 is 1.00 bits per heavy atom. The number of fused-ring (bicyclic) bond motifs is 7. The number of aromatic nitrogens is 6. The van der Waals surface area contributed by atoms with Crippen molar-refractivity contribution in [3.63, 3.8) is 0 Å². The van der Waals surface area contributed by atoms with E-state index in [-0.39, 0.29) is 0 Å². The first-order valence-electron chi connectivity index (χ1n) is 22.3. The molecule has 0 saturated carbocycles. The van der Waals surface area contributed by atoms with Gasteiger partial charge in [-0.25, -0.2) is 9.97 Å². The van der Waals surface area contributed by atoms with Crippen molar-refractivity contribution in [2.75, 3.05) is 11.5 Å². The molecule has 0 N–H and O–H groups in total. The summed E-state index contributed by atoms with van der Waals surface area (Å²) in [5.74, 6) is 5.15. The van der Waals surface area contributed by atoms with E-state index >= 15 is 0 Å². The molecular formula is C50H48N6O2S5. The molecular weight excluding hydrogens is 877 g/mol. The first-order chi connectivity index (χ1) is 31.0. The van der Waals surface area contributed by atoms with Crippen LogP contribution < -0.4 is 0 Å². The third kappa shape index (κ3) is 7.06. The lowest BCUT2D eigenvalue weighted by molar-refractivity contribution is 0.484. The van der Waals surface area contributed by atoms with Crippen molar-refractivity contribution in [2.45, 2.75) is 88.9 Å². The van der Waals surface area contributed by atoms with Crippen molar-refractivity contribution in [1.29, 1.82) is 0 Å². The third-order valence-electron chi connectivity index (χ3n) is 13.0. The van der Waals surface area contributed by atoms with Crippen molar-refractivity contribution in [3.8, 4) is 53.5 Å². The van der Waals surface area contributed by atoms with E-state index in [2.05, 4.69) is 64.1 Å². The number of para-hydroxylation sites is 2. The average Bonchev–Trinajstić information content (AvgIpc) is 4.17. The molecule has 8 nitrogen and oxygen atoms in total. The highest BCUT2D eigenvalue weighted by Crippen LogP contribution is 2.77. The number of nitrogens with zero attached hydrogens (tertiary/aromatic N) is 6. The maximum Gasteiger partial charge on any atom is 0.156 e. The van der Waals surface area contributed by atoms with E-state index in [1.165, 1.54) is 106 Å². The molecule has 8 aromatic heterocycles. The zero-order valence-electron chi connectivity index (χ0n) is 35.8. The topological polar surface area (TPSA) is 104 Å². The number of rotatable bonds is 16. The van der Waals surface area contributed by atoms with Crippen LogP contribution >= 0.6 is 56.2 Å². The molecule has 0 spiro atoms. The van der Waals surface area contributed by atoms with Crippen molar-refractivity contribution in [1.82, 2.24) is 27.5 Å². The number of benzene rings is 2. The Labute approximate surface area is 384 Å². The Hall–Kier alpha value is -4.79. The first kappa shape index (κ1) is 40.9. The van der Waals surface area contributed by atoms with Crippen LogP contribution in [0.3, 0.4) is 0 Å². The van der Waals surface area contributed by atoms with Gasteiger partial charge in [0.1, 0.15) is 44.6 Å². The summed E-state index contributed by atoms with van der Waals surface area (Å²) in [6.45, 7) is 9.50. The van der Waals surface area contributed by atoms with Crippen LogP contribution in [0.1, 0.15) is 79.1 Å². The fraction of sp³-hybridized carbons (Fsp3) is 0.320. The van der Waals surface area contributed by atoms with Crippen LogP contribution in [0.5, 0.6) is 0 Å². The van der Waals surface area contributed by atoms with Gasteiger partial charge in [-0.15, -0.1) is 22.7 Å². The molecule has 1 aliphatic heterocycles. The van der Waals surface area contributed by atoms with Crippen LogP contribution in [-0.2, 0) is 0 Å². The Bertz CT molecular complexity index is 2980. The normalized spacial score (nSPS) is 14.9. The van der Waals surface area contributed by atoms with Gasteiger partial charge in [-0.3, -0.25) is 0 Å². The van der Waals surface area contributed by atoms with Crippen molar-refractivity contribution in [2.24, 2.45) is 11.8 Å². The summed E-state index contributed by atoms with van der Waals surface area (Å²) in [5.41, 5.74) is 8.59. The lowest BCUT2D eigenvalue weighted by Crippen LogP contribution is -2.20. The molecule has 2 aromatic carbocycles. The van der Waals surface area contributed by atoms with Crippen LogP contribution in [0, 0.1) is 11.8 Å². The molecule has 0 saturated heterocycles. The number of pyridine rings is 2. The second kappa shape index (κ2) is 17.0.